The zero-order valence-corrected chi connectivity index (χ0v) is 23.5. The fourth-order valence-electron chi connectivity index (χ4n) is 6.61. The SMILES string of the molecule is CC1(OC(=O)COc2ccc(Sc3ccc([I+]c4ccccc4)cc3)cc2)C2CC3CC(C2)CC1C3. The van der Waals surface area contributed by atoms with Crippen molar-refractivity contribution in [1.29, 1.82) is 0 Å². The molecule has 3 nitrogen and oxygen atoms in total. The highest BCUT2D eigenvalue weighted by atomic mass is 127. The van der Waals surface area contributed by atoms with Gasteiger partial charge in [0.05, 0.1) is 0 Å². The molecule has 3 aromatic rings. The summed E-state index contributed by atoms with van der Waals surface area (Å²) in [5.74, 6) is 3.25. The molecule has 0 atom stereocenters. The molecule has 4 bridgehead atoms. The number of rotatable bonds is 8. The molecule has 0 aromatic heterocycles. The van der Waals surface area contributed by atoms with Gasteiger partial charge in [-0.15, -0.1) is 0 Å². The first-order valence-electron chi connectivity index (χ1n) is 13.0. The molecule has 0 saturated heterocycles. The quantitative estimate of drug-likeness (QED) is 0.284. The minimum absolute atomic E-state index is 0.0274. The molecule has 4 fully saturated rings. The van der Waals surface area contributed by atoms with E-state index < -0.39 is 0 Å². The molecule has 0 heterocycles. The number of carbonyl (C=O) groups is 1. The second kappa shape index (κ2) is 10.4. The van der Waals surface area contributed by atoms with Crippen molar-refractivity contribution in [2.24, 2.45) is 23.7 Å². The first kappa shape index (κ1) is 24.4. The standard InChI is InChI=1S/C31H32IO3S/c1-31(23-16-21-15-22(18-23)19-24(31)17-21)35-30(33)20-34-27-9-13-29(14-10-27)36-28-11-7-26(8-12-28)32-25-5-3-2-4-6-25/h2-14,21-24H,15-20H2,1H3/q+1. The van der Waals surface area contributed by atoms with Gasteiger partial charge in [-0.2, -0.15) is 0 Å². The Kier molecular flexibility index (Phi) is 7.04. The van der Waals surface area contributed by atoms with Gasteiger partial charge >= 0.3 is 27.2 Å². The molecule has 4 aliphatic carbocycles. The van der Waals surface area contributed by atoms with Crippen molar-refractivity contribution in [3.63, 3.8) is 0 Å². The molecule has 0 spiro atoms. The zero-order chi connectivity index (χ0) is 24.5. The molecule has 186 valence electrons. The maximum absolute atomic E-state index is 12.7. The Bertz CT molecular complexity index is 1160. The van der Waals surface area contributed by atoms with Crippen LogP contribution in [-0.4, -0.2) is 18.2 Å². The summed E-state index contributed by atoms with van der Waals surface area (Å²) in [4.78, 5) is 15.1. The van der Waals surface area contributed by atoms with E-state index in [-0.39, 0.29) is 39.4 Å². The highest BCUT2D eigenvalue weighted by Crippen LogP contribution is 2.59. The predicted molar refractivity (Wildman–Crippen MR) is 138 cm³/mol. The molecule has 4 saturated carbocycles. The molecule has 0 unspecified atom stereocenters. The average molecular weight is 612 g/mol. The van der Waals surface area contributed by atoms with Crippen molar-refractivity contribution in [1.82, 2.24) is 0 Å². The summed E-state index contributed by atoms with van der Waals surface area (Å²) < 4.78 is 14.8. The Balaban J connectivity index is 0.993. The van der Waals surface area contributed by atoms with Crippen LogP contribution in [0.15, 0.2) is 88.7 Å². The smallest absolute Gasteiger partial charge is 0.357 e. The van der Waals surface area contributed by atoms with Crippen LogP contribution in [0.1, 0.15) is 39.0 Å². The predicted octanol–water partition coefficient (Wildman–Crippen LogP) is 4.10. The van der Waals surface area contributed by atoms with E-state index in [1.54, 1.807) is 11.8 Å². The number of hydrogen-bond donors (Lipinski definition) is 0. The van der Waals surface area contributed by atoms with Crippen molar-refractivity contribution < 1.29 is 35.5 Å². The van der Waals surface area contributed by atoms with Crippen molar-refractivity contribution >= 4 is 17.7 Å². The van der Waals surface area contributed by atoms with Crippen molar-refractivity contribution in [3.05, 3.63) is 86.0 Å². The van der Waals surface area contributed by atoms with E-state index in [0.717, 1.165) is 16.7 Å². The summed E-state index contributed by atoms with van der Waals surface area (Å²) >= 11 is 1.60. The second-order valence-electron chi connectivity index (χ2n) is 10.7. The second-order valence-corrected chi connectivity index (χ2v) is 14.8. The van der Waals surface area contributed by atoms with E-state index >= 15 is 0 Å². The summed E-state index contributed by atoms with van der Waals surface area (Å²) in [5.41, 5.74) is -0.299. The normalized spacial score (nSPS) is 28.1. The van der Waals surface area contributed by atoms with Gasteiger partial charge in [0.1, 0.15) is 11.4 Å². The molecule has 0 amide bonds. The molecule has 36 heavy (non-hydrogen) atoms. The third-order valence-electron chi connectivity index (χ3n) is 8.27. The molecule has 0 N–H and O–H groups in total. The first-order valence-corrected chi connectivity index (χ1v) is 15.9. The number of carbonyl (C=O) groups excluding carboxylic acids is 1. The number of ether oxygens (including phenoxy) is 2. The molecule has 5 heteroatoms. The van der Waals surface area contributed by atoms with Gasteiger partial charge in [0.15, 0.2) is 13.7 Å². The zero-order valence-electron chi connectivity index (χ0n) is 20.6. The van der Waals surface area contributed by atoms with Crippen LogP contribution in [0.3, 0.4) is 0 Å². The van der Waals surface area contributed by atoms with Crippen LogP contribution >= 0.6 is 11.8 Å². The maximum atomic E-state index is 12.7. The Morgan fingerprint density at radius 2 is 1.36 bits per heavy atom. The highest BCUT2D eigenvalue weighted by molar-refractivity contribution is 7.99. The Morgan fingerprint density at radius 3 is 1.97 bits per heavy atom. The van der Waals surface area contributed by atoms with E-state index in [9.17, 15) is 4.79 Å². The number of hydrogen-bond acceptors (Lipinski definition) is 4. The molecule has 0 aliphatic heterocycles. The largest absolute Gasteiger partial charge is 0.482 e. The lowest BCUT2D eigenvalue weighted by molar-refractivity contribution is -0.597. The lowest BCUT2D eigenvalue weighted by atomic mass is 9.50. The van der Waals surface area contributed by atoms with Crippen molar-refractivity contribution in [2.45, 2.75) is 54.4 Å². The Hall–Kier alpha value is -1.99. The molecule has 7 rings (SSSR count). The van der Waals surface area contributed by atoms with Crippen LogP contribution in [0.25, 0.3) is 0 Å². The van der Waals surface area contributed by atoms with E-state index in [2.05, 4.69) is 73.7 Å². The van der Waals surface area contributed by atoms with E-state index in [1.807, 2.05) is 12.1 Å². The van der Waals surface area contributed by atoms with Gasteiger partial charge in [0, 0.05) is 9.79 Å². The summed E-state index contributed by atoms with van der Waals surface area (Å²) in [7, 11) is 0. The van der Waals surface area contributed by atoms with Crippen LogP contribution in [0.2, 0.25) is 0 Å². The third-order valence-corrected chi connectivity index (χ3v) is 12.0. The van der Waals surface area contributed by atoms with Crippen LogP contribution in [0.5, 0.6) is 5.75 Å². The molecule has 4 aliphatic rings. The summed E-state index contributed by atoms with van der Waals surface area (Å²) in [5, 5.41) is 0. The van der Waals surface area contributed by atoms with Gasteiger partial charge in [-0.3, -0.25) is 0 Å². The Morgan fingerprint density at radius 1 is 0.806 bits per heavy atom. The first-order chi connectivity index (χ1) is 17.5. The minimum Gasteiger partial charge on any atom is -0.482 e. The number of benzene rings is 3. The summed E-state index contributed by atoms with van der Waals surface area (Å²) in [6, 6.07) is 27.6. The topological polar surface area (TPSA) is 35.5 Å². The van der Waals surface area contributed by atoms with Crippen molar-refractivity contribution in [3.8, 4) is 5.75 Å². The van der Waals surface area contributed by atoms with Crippen LogP contribution in [0, 0.1) is 30.8 Å². The highest BCUT2D eigenvalue weighted by Gasteiger charge is 2.57. The Labute approximate surface area is 228 Å². The van der Waals surface area contributed by atoms with Gasteiger partial charge in [0.25, 0.3) is 0 Å². The van der Waals surface area contributed by atoms with Gasteiger partial charge in [-0.05, 0) is 123 Å². The monoisotopic (exact) mass is 611 g/mol. The molecular weight excluding hydrogens is 579 g/mol. The van der Waals surface area contributed by atoms with E-state index in [4.69, 9.17) is 9.47 Å². The summed E-state index contributed by atoms with van der Waals surface area (Å²) in [6.45, 7) is 2.15. The molecule has 0 radical (unpaired) electrons. The molecular formula is C31H32IO3S+. The van der Waals surface area contributed by atoms with Gasteiger partial charge in [0.2, 0.25) is 0 Å². The molecule has 3 aromatic carbocycles. The fraction of sp³-hybridized carbons (Fsp3) is 0.387. The lowest BCUT2D eigenvalue weighted by Crippen LogP contribution is -3.61. The number of esters is 1. The van der Waals surface area contributed by atoms with Gasteiger partial charge < -0.3 is 9.47 Å². The van der Waals surface area contributed by atoms with Crippen molar-refractivity contribution in [2.75, 3.05) is 6.61 Å². The maximum Gasteiger partial charge on any atom is 0.357 e. The lowest BCUT2D eigenvalue weighted by Gasteiger charge is -2.59. The average Bonchev–Trinajstić information content (AvgIpc) is 2.88. The van der Waals surface area contributed by atoms with Crippen LogP contribution in [-0.2, 0) is 9.53 Å². The minimum atomic E-state index is -0.299. The van der Waals surface area contributed by atoms with Gasteiger partial charge in [-0.1, -0.05) is 30.0 Å². The van der Waals surface area contributed by atoms with E-state index in [1.165, 1.54) is 44.1 Å². The van der Waals surface area contributed by atoms with Crippen LogP contribution in [0.4, 0.5) is 0 Å². The third kappa shape index (κ3) is 5.33. The fourth-order valence-corrected chi connectivity index (χ4v) is 9.64. The number of halogens is 1. The van der Waals surface area contributed by atoms with E-state index in [0.29, 0.717) is 17.6 Å². The van der Waals surface area contributed by atoms with Crippen LogP contribution < -0.4 is 25.9 Å². The van der Waals surface area contributed by atoms with Gasteiger partial charge in [-0.25, -0.2) is 4.79 Å². The summed E-state index contributed by atoms with van der Waals surface area (Å²) in [6.07, 6.45) is 6.32.